The largest absolute Gasteiger partial charge is 0.494 e. The highest BCUT2D eigenvalue weighted by Crippen LogP contribution is 2.39. The number of halogens is 3. The number of aromatic nitrogens is 3. The molecule has 1 fully saturated rings. The van der Waals surface area contributed by atoms with Gasteiger partial charge in [-0.2, -0.15) is 5.10 Å². The summed E-state index contributed by atoms with van der Waals surface area (Å²) in [6, 6.07) is 3.47. The van der Waals surface area contributed by atoms with Crippen molar-refractivity contribution in [3.05, 3.63) is 64.2 Å². The van der Waals surface area contributed by atoms with Crippen LogP contribution in [0.5, 0.6) is 11.5 Å². The Kier molecular flexibility index (Phi) is 6.99. The maximum atomic E-state index is 15.0. The summed E-state index contributed by atoms with van der Waals surface area (Å²) in [7, 11) is 2.69. The van der Waals surface area contributed by atoms with Crippen LogP contribution >= 0.6 is 11.6 Å². The smallest absolute Gasteiger partial charge is 0.171 e. The van der Waals surface area contributed by atoms with Crippen molar-refractivity contribution in [1.29, 1.82) is 0 Å². The summed E-state index contributed by atoms with van der Waals surface area (Å²) in [6.07, 6.45) is 8.18. The first-order chi connectivity index (χ1) is 17.4. The van der Waals surface area contributed by atoms with Gasteiger partial charge in [-0.25, -0.2) is 8.78 Å². The number of likely N-dealkylation sites (tertiary alicyclic amines) is 1. The van der Waals surface area contributed by atoms with Gasteiger partial charge < -0.3 is 14.4 Å². The monoisotopic (exact) mass is 514 g/mol. The van der Waals surface area contributed by atoms with Crippen molar-refractivity contribution in [3.63, 3.8) is 0 Å². The van der Waals surface area contributed by atoms with E-state index in [2.05, 4.69) is 21.9 Å². The van der Waals surface area contributed by atoms with E-state index in [-0.39, 0.29) is 29.5 Å². The quantitative estimate of drug-likeness (QED) is 0.403. The lowest BCUT2D eigenvalue weighted by Crippen LogP contribution is -2.34. The molecule has 9 heteroatoms. The zero-order valence-corrected chi connectivity index (χ0v) is 21.4. The molecule has 0 radical (unpaired) electrons. The molecule has 0 saturated carbocycles. The highest BCUT2D eigenvalue weighted by Gasteiger charge is 2.26. The van der Waals surface area contributed by atoms with Crippen molar-refractivity contribution < 1.29 is 18.3 Å². The van der Waals surface area contributed by atoms with E-state index in [0.29, 0.717) is 11.6 Å². The molecule has 1 saturated heterocycles. The number of pyridine rings is 1. The standard InChI is InChI=1S/C27H29ClF2N4O2/c1-4-33-9-7-18(8-10-33)34-27(28)21(15-32-34)17-12-19-16(5-6-22(19)31-14-17)11-20-25(29)23(35-2)13-24(36-3)26(20)30/h5,12-15,18H,4,6-11H2,1-3H3. The van der Waals surface area contributed by atoms with Crippen LogP contribution in [0.2, 0.25) is 5.15 Å². The third-order valence-electron chi connectivity index (χ3n) is 7.29. The normalized spacial score (nSPS) is 16.2. The molecular formula is C27H29ClF2N4O2. The van der Waals surface area contributed by atoms with Crippen LogP contribution in [0.25, 0.3) is 16.7 Å². The second-order valence-corrected chi connectivity index (χ2v) is 9.53. The number of hydrogen-bond donors (Lipinski definition) is 0. The van der Waals surface area contributed by atoms with Crippen LogP contribution in [0.1, 0.15) is 42.6 Å². The van der Waals surface area contributed by atoms with E-state index in [9.17, 15) is 0 Å². The van der Waals surface area contributed by atoms with Gasteiger partial charge in [-0.1, -0.05) is 24.6 Å². The van der Waals surface area contributed by atoms with Gasteiger partial charge in [0.05, 0.1) is 32.2 Å². The molecule has 190 valence electrons. The highest BCUT2D eigenvalue weighted by atomic mass is 35.5. The van der Waals surface area contributed by atoms with Gasteiger partial charge in [0.15, 0.2) is 23.1 Å². The summed E-state index contributed by atoms with van der Waals surface area (Å²) < 4.78 is 42.1. The van der Waals surface area contributed by atoms with Gasteiger partial charge in [0, 0.05) is 60.4 Å². The molecule has 0 bridgehead atoms. The topological polar surface area (TPSA) is 52.4 Å². The molecule has 0 amide bonds. The summed E-state index contributed by atoms with van der Waals surface area (Å²) >= 11 is 6.81. The van der Waals surface area contributed by atoms with Crippen LogP contribution < -0.4 is 9.47 Å². The molecule has 0 N–H and O–H groups in total. The van der Waals surface area contributed by atoms with Gasteiger partial charge in [0.2, 0.25) is 0 Å². The molecule has 5 rings (SSSR count). The molecule has 36 heavy (non-hydrogen) atoms. The van der Waals surface area contributed by atoms with Crippen molar-refractivity contribution in [1.82, 2.24) is 19.7 Å². The minimum Gasteiger partial charge on any atom is -0.494 e. The summed E-state index contributed by atoms with van der Waals surface area (Å²) in [5, 5.41) is 5.19. The van der Waals surface area contributed by atoms with Crippen molar-refractivity contribution in [2.24, 2.45) is 0 Å². The minimum atomic E-state index is -0.729. The van der Waals surface area contributed by atoms with Crippen LogP contribution in [-0.4, -0.2) is 53.5 Å². The summed E-state index contributed by atoms with van der Waals surface area (Å²) in [6.45, 7) is 5.29. The van der Waals surface area contributed by atoms with Gasteiger partial charge in [0.1, 0.15) is 5.15 Å². The minimum absolute atomic E-state index is 0.0480. The Hall–Kier alpha value is -2.97. The van der Waals surface area contributed by atoms with Gasteiger partial charge in [-0.15, -0.1) is 0 Å². The van der Waals surface area contributed by atoms with Crippen molar-refractivity contribution >= 4 is 17.2 Å². The van der Waals surface area contributed by atoms with Gasteiger partial charge >= 0.3 is 0 Å². The van der Waals surface area contributed by atoms with Crippen LogP contribution in [0.4, 0.5) is 8.78 Å². The molecule has 1 aliphatic carbocycles. The molecule has 0 spiro atoms. The lowest BCUT2D eigenvalue weighted by molar-refractivity contribution is 0.188. The number of rotatable bonds is 7. The molecule has 1 aliphatic heterocycles. The van der Waals surface area contributed by atoms with E-state index in [1.165, 1.54) is 20.3 Å². The summed E-state index contributed by atoms with van der Waals surface area (Å²) in [5.74, 6) is -1.57. The average molecular weight is 515 g/mol. The fourth-order valence-electron chi connectivity index (χ4n) is 5.14. The zero-order valence-electron chi connectivity index (χ0n) is 20.7. The molecule has 2 aliphatic rings. The van der Waals surface area contributed by atoms with Crippen LogP contribution in [-0.2, 0) is 12.8 Å². The summed E-state index contributed by atoms with van der Waals surface area (Å²) in [4.78, 5) is 7.06. The SMILES string of the molecule is CCN1CCC(n2ncc(-c3cnc4c(c3)C(Cc3c(F)c(OC)cc(OC)c3F)=CC4)c2Cl)CC1. The van der Waals surface area contributed by atoms with Crippen molar-refractivity contribution in [2.45, 2.75) is 38.6 Å². The fraction of sp³-hybridized carbons (Fsp3) is 0.407. The zero-order chi connectivity index (χ0) is 25.4. The first kappa shape index (κ1) is 24.7. The molecule has 0 atom stereocenters. The van der Waals surface area contributed by atoms with Gasteiger partial charge in [0.25, 0.3) is 0 Å². The number of benzene rings is 1. The number of piperidine rings is 1. The van der Waals surface area contributed by atoms with Crippen molar-refractivity contribution in [2.75, 3.05) is 33.9 Å². The molecular weight excluding hydrogens is 486 g/mol. The molecule has 2 aromatic heterocycles. The predicted molar refractivity (Wildman–Crippen MR) is 136 cm³/mol. The van der Waals surface area contributed by atoms with Gasteiger partial charge in [-0.3, -0.25) is 9.67 Å². The highest BCUT2D eigenvalue weighted by molar-refractivity contribution is 6.32. The van der Waals surface area contributed by atoms with Crippen LogP contribution in [0.15, 0.2) is 30.6 Å². The first-order valence-electron chi connectivity index (χ1n) is 12.2. The fourth-order valence-corrected chi connectivity index (χ4v) is 5.48. The molecule has 1 aromatic carbocycles. The van der Waals surface area contributed by atoms with E-state index in [0.717, 1.165) is 60.4 Å². The second kappa shape index (κ2) is 10.2. The Morgan fingerprint density at radius 3 is 2.36 bits per heavy atom. The van der Waals surface area contributed by atoms with E-state index in [1.54, 1.807) is 12.4 Å². The Labute approximate surface area is 214 Å². The number of hydrogen-bond acceptors (Lipinski definition) is 5. The number of fused-ring (bicyclic) bond motifs is 1. The first-order valence-corrected chi connectivity index (χ1v) is 12.6. The lowest BCUT2D eigenvalue weighted by atomic mass is 9.97. The van der Waals surface area contributed by atoms with E-state index < -0.39 is 11.6 Å². The second-order valence-electron chi connectivity index (χ2n) is 9.18. The molecule has 3 aromatic rings. The summed E-state index contributed by atoms with van der Waals surface area (Å²) in [5.41, 5.74) is 4.04. The molecule has 6 nitrogen and oxygen atoms in total. The number of allylic oxidation sites excluding steroid dienone is 2. The van der Waals surface area contributed by atoms with E-state index >= 15 is 8.78 Å². The Morgan fingerprint density at radius 1 is 1.03 bits per heavy atom. The maximum absolute atomic E-state index is 15.0. The third kappa shape index (κ3) is 4.37. The Balaban J connectivity index is 1.43. The van der Waals surface area contributed by atoms with Crippen LogP contribution in [0.3, 0.4) is 0 Å². The Morgan fingerprint density at radius 2 is 1.72 bits per heavy atom. The van der Waals surface area contributed by atoms with Gasteiger partial charge in [-0.05, 0) is 31.0 Å². The lowest BCUT2D eigenvalue weighted by Gasteiger charge is -2.31. The number of ether oxygens (including phenoxy) is 2. The van der Waals surface area contributed by atoms with E-state index in [4.69, 9.17) is 21.1 Å². The molecule has 3 heterocycles. The maximum Gasteiger partial charge on any atom is 0.171 e. The number of nitrogens with zero attached hydrogens (tertiary/aromatic N) is 4. The average Bonchev–Trinajstić information content (AvgIpc) is 3.49. The van der Waals surface area contributed by atoms with Crippen LogP contribution in [0, 0.1) is 11.6 Å². The predicted octanol–water partition coefficient (Wildman–Crippen LogP) is 5.73. The van der Waals surface area contributed by atoms with Crippen molar-refractivity contribution in [3.8, 4) is 22.6 Å². The molecule has 0 unspecified atom stereocenters. The number of methoxy groups -OCH3 is 2. The van der Waals surface area contributed by atoms with E-state index in [1.807, 2.05) is 16.8 Å². The third-order valence-corrected chi connectivity index (χ3v) is 7.66. The Bertz CT molecular complexity index is 1290.